The van der Waals surface area contributed by atoms with Gasteiger partial charge in [-0.25, -0.2) is 5.01 Å². The third kappa shape index (κ3) is 2.97. The quantitative estimate of drug-likeness (QED) is 0.623. The number of halogens is 1. The second-order valence-corrected chi connectivity index (χ2v) is 5.50. The summed E-state index contributed by atoms with van der Waals surface area (Å²) < 4.78 is 0. The molecular weight excluding hydrogens is 298 g/mol. The fourth-order valence-electron chi connectivity index (χ4n) is 2.34. The van der Waals surface area contributed by atoms with Crippen molar-refractivity contribution < 1.29 is 4.84 Å². The highest BCUT2D eigenvalue weighted by Crippen LogP contribution is 2.22. The summed E-state index contributed by atoms with van der Waals surface area (Å²) >= 11 is 6.10. The van der Waals surface area contributed by atoms with E-state index in [-0.39, 0.29) is 0 Å². The van der Waals surface area contributed by atoms with Gasteiger partial charge in [0.05, 0.1) is 5.71 Å². The Morgan fingerprint density at radius 3 is 2.77 bits per heavy atom. The first-order valence-electron chi connectivity index (χ1n) is 6.98. The van der Waals surface area contributed by atoms with Gasteiger partial charge in [-0.1, -0.05) is 53.2 Å². The first kappa shape index (κ1) is 14.6. The van der Waals surface area contributed by atoms with Crippen molar-refractivity contribution in [1.82, 2.24) is 5.01 Å². The number of fused-ring (bicyclic) bond motifs is 1. The monoisotopic (exact) mass is 313 g/mol. The van der Waals surface area contributed by atoms with Crippen LogP contribution in [0, 0.1) is 0 Å². The zero-order valence-electron chi connectivity index (χ0n) is 12.5. The molecule has 0 N–H and O–H groups in total. The average molecular weight is 314 g/mol. The third-order valence-corrected chi connectivity index (χ3v) is 3.72. The Labute approximate surface area is 134 Å². The highest BCUT2D eigenvalue weighted by Gasteiger charge is 2.19. The van der Waals surface area contributed by atoms with E-state index in [4.69, 9.17) is 16.4 Å². The molecule has 0 fully saturated rings. The minimum atomic E-state index is 0.450. The van der Waals surface area contributed by atoms with Crippen LogP contribution in [-0.4, -0.2) is 23.6 Å². The molecule has 5 heteroatoms. The zero-order chi connectivity index (χ0) is 15.5. The minimum absolute atomic E-state index is 0.450. The van der Waals surface area contributed by atoms with Crippen LogP contribution >= 0.6 is 11.6 Å². The SMILES string of the molecule is C/C(=N/N(C)C1=NOCc2ccc(Cl)cc21)c1ccccc1. The topological polar surface area (TPSA) is 37.2 Å². The molecule has 2 aromatic rings. The summed E-state index contributed by atoms with van der Waals surface area (Å²) in [4.78, 5) is 5.29. The third-order valence-electron chi connectivity index (χ3n) is 3.48. The first-order chi connectivity index (χ1) is 10.6. The minimum Gasteiger partial charge on any atom is -0.389 e. The molecule has 0 saturated carbocycles. The van der Waals surface area contributed by atoms with Gasteiger partial charge in [-0.15, -0.1) is 0 Å². The number of nitrogens with zero attached hydrogens (tertiary/aromatic N) is 3. The lowest BCUT2D eigenvalue weighted by Crippen LogP contribution is -2.27. The maximum atomic E-state index is 6.10. The van der Waals surface area contributed by atoms with Crippen molar-refractivity contribution in [3.05, 3.63) is 70.2 Å². The molecule has 1 aliphatic rings. The van der Waals surface area contributed by atoms with Crippen molar-refractivity contribution in [2.24, 2.45) is 10.3 Å². The Morgan fingerprint density at radius 2 is 2.00 bits per heavy atom. The molecule has 3 rings (SSSR count). The zero-order valence-corrected chi connectivity index (χ0v) is 13.2. The van der Waals surface area contributed by atoms with Crippen LogP contribution in [0.1, 0.15) is 23.6 Å². The number of rotatable bonds is 2. The summed E-state index contributed by atoms with van der Waals surface area (Å²) in [7, 11) is 1.85. The van der Waals surface area contributed by atoms with Gasteiger partial charge in [-0.2, -0.15) is 5.10 Å². The standard InChI is InChI=1S/C17H16ClN3O/c1-12(13-6-4-3-5-7-13)19-21(2)17-16-10-15(18)9-8-14(16)11-22-20-17/h3-10H,11H2,1-2H3/b19-12-. The molecule has 0 aromatic heterocycles. The Kier molecular flexibility index (Phi) is 4.11. The van der Waals surface area contributed by atoms with E-state index in [1.165, 1.54) is 0 Å². The van der Waals surface area contributed by atoms with Crippen molar-refractivity contribution in [2.45, 2.75) is 13.5 Å². The fourth-order valence-corrected chi connectivity index (χ4v) is 2.51. The number of amidine groups is 1. The largest absolute Gasteiger partial charge is 0.389 e. The van der Waals surface area contributed by atoms with Crippen LogP contribution in [0.2, 0.25) is 5.02 Å². The van der Waals surface area contributed by atoms with Crippen LogP contribution in [0.4, 0.5) is 0 Å². The maximum absolute atomic E-state index is 6.10. The van der Waals surface area contributed by atoms with Crippen molar-refractivity contribution in [3.8, 4) is 0 Å². The molecule has 0 unspecified atom stereocenters. The molecule has 4 nitrogen and oxygen atoms in total. The van der Waals surface area contributed by atoms with Gasteiger partial charge in [0.2, 0.25) is 0 Å². The highest BCUT2D eigenvalue weighted by molar-refractivity contribution is 6.31. The Bertz CT molecular complexity index is 741. The van der Waals surface area contributed by atoms with Gasteiger partial charge in [0.1, 0.15) is 6.61 Å². The van der Waals surface area contributed by atoms with E-state index in [0.29, 0.717) is 17.5 Å². The normalized spacial score (nSPS) is 14.0. The van der Waals surface area contributed by atoms with Crippen molar-refractivity contribution >= 4 is 23.1 Å². The first-order valence-corrected chi connectivity index (χ1v) is 7.36. The van der Waals surface area contributed by atoms with Crippen molar-refractivity contribution in [3.63, 3.8) is 0 Å². The molecule has 2 aromatic carbocycles. The maximum Gasteiger partial charge on any atom is 0.195 e. The molecule has 22 heavy (non-hydrogen) atoms. The predicted molar refractivity (Wildman–Crippen MR) is 89.2 cm³/mol. The van der Waals surface area contributed by atoms with Crippen LogP contribution in [0.5, 0.6) is 0 Å². The lowest BCUT2D eigenvalue weighted by Gasteiger charge is -2.22. The van der Waals surface area contributed by atoms with Gasteiger partial charge in [0, 0.05) is 23.2 Å². The van der Waals surface area contributed by atoms with E-state index >= 15 is 0 Å². The number of hydrazone groups is 1. The van der Waals surface area contributed by atoms with Crippen LogP contribution in [0.15, 0.2) is 58.8 Å². The van der Waals surface area contributed by atoms with Crippen LogP contribution in [0.25, 0.3) is 0 Å². The summed E-state index contributed by atoms with van der Waals surface area (Å²) in [5.74, 6) is 0.652. The van der Waals surface area contributed by atoms with Gasteiger partial charge in [-0.3, -0.25) is 0 Å². The molecule has 1 heterocycles. The average Bonchev–Trinajstić information content (AvgIpc) is 2.55. The van der Waals surface area contributed by atoms with Crippen molar-refractivity contribution in [1.29, 1.82) is 0 Å². The number of benzene rings is 2. The summed E-state index contributed by atoms with van der Waals surface area (Å²) in [6.45, 7) is 2.42. The second kappa shape index (κ2) is 6.20. The molecule has 0 atom stereocenters. The number of oxime groups is 1. The predicted octanol–water partition coefficient (Wildman–Crippen LogP) is 3.89. The number of hydrogen-bond acceptors (Lipinski definition) is 4. The van der Waals surface area contributed by atoms with E-state index in [2.05, 4.69) is 10.3 Å². The Morgan fingerprint density at radius 1 is 1.23 bits per heavy atom. The van der Waals surface area contributed by atoms with Gasteiger partial charge >= 0.3 is 0 Å². The lowest BCUT2D eigenvalue weighted by atomic mass is 10.1. The fraction of sp³-hybridized carbons (Fsp3) is 0.176. The van der Waals surface area contributed by atoms with Gasteiger partial charge in [-0.05, 0) is 24.6 Å². The molecule has 1 aliphatic heterocycles. The summed E-state index contributed by atoms with van der Waals surface area (Å²) in [5, 5.41) is 11.1. The van der Waals surface area contributed by atoms with E-state index in [0.717, 1.165) is 22.4 Å². The Hall–Kier alpha value is -2.33. The highest BCUT2D eigenvalue weighted by atomic mass is 35.5. The summed E-state index contributed by atoms with van der Waals surface area (Å²) in [5.41, 5.74) is 3.97. The van der Waals surface area contributed by atoms with Crippen LogP contribution in [-0.2, 0) is 11.4 Å². The van der Waals surface area contributed by atoms with E-state index in [9.17, 15) is 0 Å². The summed E-state index contributed by atoms with van der Waals surface area (Å²) in [6, 6.07) is 15.7. The summed E-state index contributed by atoms with van der Waals surface area (Å²) in [6.07, 6.45) is 0. The van der Waals surface area contributed by atoms with E-state index in [1.807, 2.05) is 62.5 Å². The number of hydrogen-bond donors (Lipinski definition) is 0. The smallest absolute Gasteiger partial charge is 0.195 e. The van der Waals surface area contributed by atoms with Gasteiger partial charge < -0.3 is 4.84 Å². The lowest BCUT2D eigenvalue weighted by molar-refractivity contribution is 0.121. The molecule has 0 saturated heterocycles. The molecule has 0 spiro atoms. The molecular formula is C17H16ClN3O. The molecule has 112 valence electrons. The Balaban J connectivity index is 1.92. The van der Waals surface area contributed by atoms with E-state index in [1.54, 1.807) is 5.01 Å². The van der Waals surface area contributed by atoms with Crippen molar-refractivity contribution in [2.75, 3.05) is 7.05 Å². The second-order valence-electron chi connectivity index (χ2n) is 5.06. The van der Waals surface area contributed by atoms with Crippen LogP contribution < -0.4 is 0 Å². The van der Waals surface area contributed by atoms with Gasteiger partial charge in [0.15, 0.2) is 5.84 Å². The van der Waals surface area contributed by atoms with Crippen LogP contribution in [0.3, 0.4) is 0 Å². The van der Waals surface area contributed by atoms with Gasteiger partial charge in [0.25, 0.3) is 0 Å². The molecule has 0 aliphatic carbocycles. The molecule has 0 amide bonds. The van der Waals surface area contributed by atoms with E-state index < -0.39 is 0 Å². The molecule has 0 bridgehead atoms. The molecule has 0 radical (unpaired) electrons.